The Bertz CT molecular complexity index is 1340. The van der Waals surface area contributed by atoms with Crippen molar-refractivity contribution < 1.29 is 19.1 Å². The van der Waals surface area contributed by atoms with Gasteiger partial charge in [0.2, 0.25) is 0 Å². The lowest BCUT2D eigenvalue weighted by Crippen LogP contribution is -2.29. The van der Waals surface area contributed by atoms with E-state index in [1.807, 2.05) is 36.4 Å². The summed E-state index contributed by atoms with van der Waals surface area (Å²) in [6.07, 6.45) is 0. The van der Waals surface area contributed by atoms with Crippen LogP contribution in [0.2, 0.25) is 0 Å². The van der Waals surface area contributed by atoms with Gasteiger partial charge in [-0.3, -0.25) is 0 Å². The van der Waals surface area contributed by atoms with Crippen LogP contribution in [-0.2, 0) is 14.9 Å². The molecule has 4 nitrogen and oxygen atoms in total. The first kappa shape index (κ1) is 23.5. The summed E-state index contributed by atoms with van der Waals surface area (Å²) >= 11 is 7.34. The van der Waals surface area contributed by atoms with Crippen LogP contribution in [0.25, 0.3) is 11.1 Å². The summed E-state index contributed by atoms with van der Waals surface area (Å²) in [6.45, 7) is 0. The molecular weight excluding hydrogens is 572 g/mol. The van der Waals surface area contributed by atoms with Gasteiger partial charge in [-0.15, -0.1) is 0 Å². The number of carbonyl (C=O) groups excluding carboxylic acids is 2. The molecule has 0 aliphatic heterocycles. The van der Waals surface area contributed by atoms with Crippen LogP contribution in [0.1, 0.15) is 43.0 Å². The number of benzene rings is 4. The molecule has 174 valence electrons. The molecule has 5 rings (SSSR count). The van der Waals surface area contributed by atoms with Crippen molar-refractivity contribution in [3.63, 3.8) is 0 Å². The molecule has 0 amide bonds. The van der Waals surface area contributed by atoms with E-state index in [-0.39, 0.29) is 11.9 Å². The monoisotopic (exact) mass is 590 g/mol. The van der Waals surface area contributed by atoms with Crippen LogP contribution in [0.4, 0.5) is 0 Å². The van der Waals surface area contributed by atoms with Gasteiger partial charge < -0.3 is 9.47 Å². The first-order valence-electron chi connectivity index (χ1n) is 10.9. The van der Waals surface area contributed by atoms with Crippen molar-refractivity contribution in [3.05, 3.63) is 127 Å². The van der Waals surface area contributed by atoms with E-state index in [0.29, 0.717) is 11.1 Å². The maximum Gasteiger partial charge on any atom is 0.337 e. The highest BCUT2D eigenvalue weighted by Gasteiger charge is 2.46. The molecule has 1 aliphatic carbocycles. The minimum absolute atomic E-state index is 0.384. The topological polar surface area (TPSA) is 52.6 Å². The van der Waals surface area contributed by atoms with Gasteiger partial charge in [0.25, 0.3) is 0 Å². The second kappa shape index (κ2) is 9.10. The molecule has 0 saturated carbocycles. The zero-order valence-corrected chi connectivity index (χ0v) is 22.1. The van der Waals surface area contributed by atoms with Crippen molar-refractivity contribution in [2.75, 3.05) is 14.2 Å². The van der Waals surface area contributed by atoms with Gasteiger partial charge >= 0.3 is 11.9 Å². The molecule has 0 spiro atoms. The van der Waals surface area contributed by atoms with Crippen LogP contribution < -0.4 is 0 Å². The van der Waals surface area contributed by atoms with Gasteiger partial charge in [-0.2, -0.15) is 0 Å². The van der Waals surface area contributed by atoms with Crippen molar-refractivity contribution in [2.45, 2.75) is 5.41 Å². The number of hydrogen-bond donors (Lipinski definition) is 0. The number of hydrogen-bond acceptors (Lipinski definition) is 4. The highest BCUT2D eigenvalue weighted by Crippen LogP contribution is 2.57. The predicted octanol–water partition coefficient (Wildman–Crippen LogP) is 7.15. The molecule has 0 aromatic heterocycles. The summed E-state index contributed by atoms with van der Waals surface area (Å²) in [6, 6.07) is 27.7. The fourth-order valence-electron chi connectivity index (χ4n) is 5.01. The summed E-state index contributed by atoms with van der Waals surface area (Å²) in [5.41, 5.74) is 6.74. The van der Waals surface area contributed by atoms with Crippen LogP contribution in [0.5, 0.6) is 0 Å². The van der Waals surface area contributed by atoms with Crippen molar-refractivity contribution in [1.82, 2.24) is 0 Å². The Balaban J connectivity index is 1.85. The predicted molar refractivity (Wildman–Crippen MR) is 142 cm³/mol. The maximum atomic E-state index is 12.1. The molecule has 0 atom stereocenters. The molecule has 35 heavy (non-hydrogen) atoms. The highest BCUT2D eigenvalue weighted by atomic mass is 79.9. The van der Waals surface area contributed by atoms with Crippen molar-refractivity contribution >= 4 is 43.8 Å². The van der Waals surface area contributed by atoms with Gasteiger partial charge in [-0.05, 0) is 81.9 Å². The zero-order valence-electron chi connectivity index (χ0n) is 19.0. The molecule has 4 aromatic carbocycles. The first-order chi connectivity index (χ1) is 16.9. The maximum absolute atomic E-state index is 12.1. The third-order valence-electron chi connectivity index (χ3n) is 6.54. The lowest BCUT2D eigenvalue weighted by molar-refractivity contribution is 0.0592. The van der Waals surface area contributed by atoms with Gasteiger partial charge in [0.15, 0.2) is 0 Å². The van der Waals surface area contributed by atoms with E-state index in [1.54, 1.807) is 24.3 Å². The van der Waals surface area contributed by atoms with E-state index in [0.717, 1.165) is 42.3 Å². The van der Waals surface area contributed by atoms with E-state index in [2.05, 4.69) is 56.1 Å². The first-order valence-corrected chi connectivity index (χ1v) is 12.5. The van der Waals surface area contributed by atoms with Crippen molar-refractivity contribution in [3.8, 4) is 11.1 Å². The summed E-state index contributed by atoms with van der Waals surface area (Å²) in [5.74, 6) is -0.767. The molecule has 0 N–H and O–H groups in total. The van der Waals surface area contributed by atoms with Crippen LogP contribution in [0.15, 0.2) is 93.9 Å². The van der Waals surface area contributed by atoms with E-state index >= 15 is 0 Å². The Morgan fingerprint density at radius 3 is 1.31 bits per heavy atom. The average molecular weight is 592 g/mol. The van der Waals surface area contributed by atoms with Gasteiger partial charge in [0, 0.05) is 8.95 Å². The highest BCUT2D eigenvalue weighted by molar-refractivity contribution is 9.10. The van der Waals surface area contributed by atoms with Crippen molar-refractivity contribution in [2.24, 2.45) is 0 Å². The van der Waals surface area contributed by atoms with Crippen LogP contribution in [-0.4, -0.2) is 26.2 Å². The van der Waals surface area contributed by atoms with Gasteiger partial charge in [0.1, 0.15) is 0 Å². The Morgan fingerprint density at radius 1 is 0.600 bits per heavy atom. The average Bonchev–Trinajstić information content (AvgIpc) is 3.17. The number of halogens is 2. The van der Waals surface area contributed by atoms with Gasteiger partial charge in [0.05, 0.1) is 30.8 Å². The largest absolute Gasteiger partial charge is 0.465 e. The van der Waals surface area contributed by atoms with Crippen molar-refractivity contribution in [1.29, 1.82) is 0 Å². The number of carbonyl (C=O) groups is 2. The quantitative estimate of drug-likeness (QED) is 0.208. The molecule has 0 fully saturated rings. The Morgan fingerprint density at radius 2 is 0.971 bits per heavy atom. The van der Waals surface area contributed by atoms with Crippen LogP contribution in [0.3, 0.4) is 0 Å². The molecule has 0 unspecified atom stereocenters. The third kappa shape index (κ3) is 3.72. The molecular formula is C29H20Br2O4. The fraction of sp³-hybridized carbons (Fsp3) is 0.103. The molecule has 0 radical (unpaired) electrons. The fourth-order valence-corrected chi connectivity index (χ4v) is 5.73. The van der Waals surface area contributed by atoms with Gasteiger partial charge in [-0.1, -0.05) is 68.3 Å². The molecule has 0 saturated heterocycles. The summed E-state index contributed by atoms with van der Waals surface area (Å²) < 4.78 is 11.7. The molecule has 0 bridgehead atoms. The van der Waals surface area contributed by atoms with Crippen LogP contribution in [0, 0.1) is 0 Å². The van der Waals surface area contributed by atoms with E-state index in [9.17, 15) is 9.59 Å². The van der Waals surface area contributed by atoms with Crippen LogP contribution >= 0.6 is 31.9 Å². The SMILES string of the molecule is COC(=O)c1ccc(C2(c3ccc(C(=O)OC)cc3)c3cc(Br)ccc3-c3ccc(Br)cc32)cc1. The molecule has 4 aromatic rings. The molecule has 1 aliphatic rings. The number of esters is 2. The van der Waals surface area contributed by atoms with E-state index in [1.165, 1.54) is 14.2 Å². The second-order valence-electron chi connectivity index (χ2n) is 8.27. The third-order valence-corrected chi connectivity index (χ3v) is 7.53. The number of methoxy groups -OCH3 is 2. The normalized spacial score (nSPS) is 13.0. The molecule has 0 heterocycles. The lowest BCUT2D eigenvalue weighted by atomic mass is 9.67. The van der Waals surface area contributed by atoms with Gasteiger partial charge in [-0.25, -0.2) is 9.59 Å². The second-order valence-corrected chi connectivity index (χ2v) is 10.1. The number of rotatable bonds is 4. The molecule has 6 heteroatoms. The zero-order chi connectivity index (χ0) is 24.7. The van der Waals surface area contributed by atoms with E-state index in [4.69, 9.17) is 9.47 Å². The lowest BCUT2D eigenvalue weighted by Gasteiger charge is -2.34. The Labute approximate surface area is 220 Å². The Kier molecular flexibility index (Phi) is 6.11. The summed E-state index contributed by atoms with van der Waals surface area (Å²) in [5, 5.41) is 0. The van der Waals surface area contributed by atoms with E-state index < -0.39 is 5.41 Å². The minimum Gasteiger partial charge on any atom is -0.465 e. The summed E-state index contributed by atoms with van der Waals surface area (Å²) in [7, 11) is 2.75. The standard InChI is InChI=1S/C29H20Br2O4/c1-34-27(32)17-3-7-19(8-4-17)29(20-9-5-18(6-10-20)28(33)35-2)25-15-21(30)11-13-23(25)24-14-12-22(31)16-26(24)29/h3-16H,1-2H3. The number of fused-ring (bicyclic) bond motifs is 3. The minimum atomic E-state index is -0.679. The number of ether oxygens (including phenoxy) is 2. The Hall–Kier alpha value is -3.22. The smallest absolute Gasteiger partial charge is 0.337 e. The summed E-state index contributed by atoms with van der Waals surface area (Å²) in [4.78, 5) is 24.3.